The van der Waals surface area contributed by atoms with Gasteiger partial charge in [-0.15, -0.1) is 0 Å². The Balaban J connectivity index is 3.14. The van der Waals surface area contributed by atoms with E-state index in [1.54, 1.807) is 12.1 Å². The number of nitriles is 2. The molecule has 0 aliphatic rings. The molecule has 0 aliphatic carbocycles. The Hall–Kier alpha value is -2.06. The first kappa shape index (κ1) is 9.03. The summed E-state index contributed by atoms with van der Waals surface area (Å²) >= 11 is 0. The van der Waals surface area contributed by atoms with Crippen molar-refractivity contribution in [1.29, 1.82) is 10.5 Å². The summed E-state index contributed by atoms with van der Waals surface area (Å²) in [5, 5.41) is 17.1. The Morgan fingerprint density at radius 3 is 2.69 bits per heavy atom. The van der Waals surface area contributed by atoms with E-state index in [9.17, 15) is 0 Å². The van der Waals surface area contributed by atoms with Crippen LogP contribution >= 0.6 is 0 Å². The molecule has 0 fully saturated rings. The molecule has 0 saturated carbocycles. The van der Waals surface area contributed by atoms with Crippen molar-refractivity contribution in [1.82, 2.24) is 0 Å². The van der Waals surface area contributed by atoms with Crippen LogP contribution in [0.2, 0.25) is 0 Å². The van der Waals surface area contributed by atoms with Crippen LogP contribution in [-0.4, -0.2) is 0 Å². The Bertz CT molecular complexity index is 400. The van der Waals surface area contributed by atoms with Gasteiger partial charge in [0.15, 0.2) is 0 Å². The molecule has 0 aromatic heterocycles. The molecule has 0 saturated heterocycles. The lowest BCUT2D eigenvalue weighted by Gasteiger charge is -1.96. The molecular weight excluding hydrogens is 160 g/mol. The molecule has 0 atom stereocenters. The van der Waals surface area contributed by atoms with Crippen LogP contribution in [0.4, 0.5) is 0 Å². The first-order valence-electron chi connectivity index (χ1n) is 3.76. The second-order valence-electron chi connectivity index (χ2n) is 2.56. The Morgan fingerprint density at radius 1 is 1.46 bits per heavy atom. The number of nitrogens with zero attached hydrogens (tertiary/aromatic N) is 2. The Kier molecular flexibility index (Phi) is 2.84. The zero-order valence-electron chi connectivity index (χ0n) is 7.20. The summed E-state index contributed by atoms with van der Waals surface area (Å²) in [6.45, 7) is 1.91. The van der Waals surface area contributed by atoms with E-state index in [0.717, 1.165) is 11.1 Å². The van der Waals surface area contributed by atoms with E-state index in [1.807, 2.05) is 31.2 Å². The monoisotopic (exact) mass is 167 g/mol. The molecule has 1 radical (unpaired) electrons. The molecule has 0 aliphatic heterocycles. The molecule has 61 valence electrons. The highest BCUT2D eigenvalue weighted by molar-refractivity contribution is 5.63. The largest absolute Gasteiger partial charge is 0.192 e. The highest BCUT2D eigenvalue weighted by Gasteiger charge is 1.95. The normalized spacial score (nSPS) is 8.23. The average molecular weight is 167 g/mol. The van der Waals surface area contributed by atoms with Crippen LogP contribution in [-0.2, 0) is 0 Å². The van der Waals surface area contributed by atoms with E-state index in [4.69, 9.17) is 10.5 Å². The van der Waals surface area contributed by atoms with Gasteiger partial charge in [-0.25, -0.2) is 0 Å². The van der Waals surface area contributed by atoms with Crippen molar-refractivity contribution in [2.45, 2.75) is 6.92 Å². The van der Waals surface area contributed by atoms with Gasteiger partial charge in [0.1, 0.15) is 17.7 Å². The van der Waals surface area contributed by atoms with Gasteiger partial charge in [0.25, 0.3) is 0 Å². The summed E-state index contributed by atoms with van der Waals surface area (Å²) in [7, 11) is 0. The van der Waals surface area contributed by atoms with Crippen molar-refractivity contribution in [3.63, 3.8) is 0 Å². The zero-order chi connectivity index (χ0) is 9.68. The van der Waals surface area contributed by atoms with Gasteiger partial charge < -0.3 is 0 Å². The summed E-state index contributed by atoms with van der Waals surface area (Å²) in [6.07, 6.45) is 1.57. The van der Waals surface area contributed by atoms with E-state index < -0.39 is 0 Å². The summed E-state index contributed by atoms with van der Waals surface area (Å²) in [5.74, 6) is 0. The minimum Gasteiger partial charge on any atom is -0.192 e. The average Bonchev–Trinajstić information content (AvgIpc) is 2.17. The van der Waals surface area contributed by atoms with Gasteiger partial charge in [-0.2, -0.15) is 10.5 Å². The second-order valence-corrected chi connectivity index (χ2v) is 2.56. The van der Waals surface area contributed by atoms with E-state index in [2.05, 4.69) is 6.07 Å². The first-order valence-corrected chi connectivity index (χ1v) is 3.76. The summed E-state index contributed by atoms with van der Waals surface area (Å²) in [4.78, 5) is 0. The van der Waals surface area contributed by atoms with Crippen molar-refractivity contribution in [3.05, 3.63) is 41.0 Å². The minimum atomic E-state index is 0.120. The number of rotatable bonds is 1. The minimum absolute atomic E-state index is 0.120. The zero-order valence-corrected chi connectivity index (χ0v) is 7.20. The molecule has 13 heavy (non-hydrogen) atoms. The van der Waals surface area contributed by atoms with Crippen molar-refractivity contribution in [3.8, 4) is 12.1 Å². The van der Waals surface area contributed by atoms with E-state index in [1.165, 1.54) is 0 Å². The first-order chi connectivity index (χ1) is 6.27. The van der Waals surface area contributed by atoms with Crippen LogP contribution < -0.4 is 0 Å². The molecular formula is C11H7N2. The van der Waals surface area contributed by atoms with Crippen LogP contribution in [0.3, 0.4) is 0 Å². The lowest BCUT2D eigenvalue weighted by Crippen LogP contribution is -1.80. The number of hydrogen-bond donors (Lipinski definition) is 0. The topological polar surface area (TPSA) is 47.6 Å². The van der Waals surface area contributed by atoms with Crippen LogP contribution in [0.15, 0.2) is 23.8 Å². The van der Waals surface area contributed by atoms with Gasteiger partial charge in [-0.3, -0.25) is 0 Å². The quantitative estimate of drug-likeness (QED) is 0.602. The highest BCUT2D eigenvalue weighted by atomic mass is 14.3. The van der Waals surface area contributed by atoms with Crippen LogP contribution in [0.25, 0.3) is 6.08 Å². The molecule has 0 bridgehead atoms. The fourth-order valence-corrected chi connectivity index (χ4v) is 0.933. The molecule has 1 aromatic rings. The fourth-order valence-electron chi connectivity index (χ4n) is 0.933. The smallest absolute Gasteiger partial charge is 0.130 e. The summed E-state index contributed by atoms with van der Waals surface area (Å²) in [6, 6.07) is 11.9. The summed E-state index contributed by atoms with van der Waals surface area (Å²) < 4.78 is 0. The molecule has 0 amide bonds. The molecule has 0 unspecified atom stereocenters. The van der Waals surface area contributed by atoms with Crippen LogP contribution in [0.1, 0.15) is 11.1 Å². The van der Waals surface area contributed by atoms with Gasteiger partial charge in [0, 0.05) is 0 Å². The van der Waals surface area contributed by atoms with Gasteiger partial charge in [0.05, 0.1) is 0 Å². The molecule has 2 heteroatoms. The molecule has 2 nitrogen and oxygen atoms in total. The molecule has 0 N–H and O–H groups in total. The number of aryl methyl sites for hydroxylation is 1. The van der Waals surface area contributed by atoms with Crippen molar-refractivity contribution >= 4 is 6.08 Å². The maximum Gasteiger partial charge on any atom is 0.130 e. The lowest BCUT2D eigenvalue weighted by molar-refractivity contribution is 1.42. The third-order valence-corrected chi connectivity index (χ3v) is 1.66. The Labute approximate surface area is 77.4 Å². The van der Waals surface area contributed by atoms with Crippen LogP contribution in [0.5, 0.6) is 0 Å². The standard InChI is InChI=1S/C11H7N2/c1-9-4-2-3-5-11(9)6-10(7-12)8-13/h3-6H,1H3. The summed E-state index contributed by atoms with van der Waals surface area (Å²) in [5.41, 5.74) is 2.01. The molecule has 0 heterocycles. The lowest BCUT2D eigenvalue weighted by atomic mass is 10.1. The molecule has 1 aromatic carbocycles. The maximum atomic E-state index is 8.53. The predicted molar refractivity (Wildman–Crippen MR) is 49.2 cm³/mol. The third kappa shape index (κ3) is 2.18. The van der Waals surface area contributed by atoms with Gasteiger partial charge in [0.2, 0.25) is 0 Å². The number of allylic oxidation sites excluding steroid dienone is 1. The van der Waals surface area contributed by atoms with Crippen molar-refractivity contribution in [2.75, 3.05) is 0 Å². The van der Waals surface area contributed by atoms with E-state index >= 15 is 0 Å². The van der Waals surface area contributed by atoms with Crippen molar-refractivity contribution < 1.29 is 0 Å². The molecule has 0 spiro atoms. The second kappa shape index (κ2) is 4.09. The van der Waals surface area contributed by atoms with Gasteiger partial charge in [-0.1, -0.05) is 18.2 Å². The fraction of sp³-hybridized carbons (Fsp3) is 0.0909. The Morgan fingerprint density at radius 2 is 2.15 bits per heavy atom. The third-order valence-electron chi connectivity index (χ3n) is 1.66. The van der Waals surface area contributed by atoms with Gasteiger partial charge >= 0.3 is 0 Å². The maximum absolute atomic E-state index is 8.53. The van der Waals surface area contributed by atoms with Crippen molar-refractivity contribution in [2.24, 2.45) is 0 Å². The SMILES string of the molecule is Cc1c[c]ccc1C=C(C#N)C#N. The van der Waals surface area contributed by atoms with Gasteiger partial charge in [-0.05, 0) is 30.2 Å². The predicted octanol–water partition coefficient (Wildman–Crippen LogP) is 2.23. The van der Waals surface area contributed by atoms with Crippen LogP contribution in [0, 0.1) is 35.7 Å². The van der Waals surface area contributed by atoms with E-state index in [0.29, 0.717) is 0 Å². The molecule has 1 rings (SSSR count). The number of benzene rings is 1. The number of hydrogen-bond acceptors (Lipinski definition) is 2. The highest BCUT2D eigenvalue weighted by Crippen LogP contribution is 2.10. The van der Waals surface area contributed by atoms with E-state index in [-0.39, 0.29) is 5.57 Å².